The van der Waals surface area contributed by atoms with E-state index < -0.39 is 48.0 Å². The van der Waals surface area contributed by atoms with Crippen molar-refractivity contribution in [1.29, 1.82) is 0 Å². The average Bonchev–Trinajstić information content (AvgIpc) is 3.43. The Bertz CT molecular complexity index is 1590. The Labute approximate surface area is 316 Å². The van der Waals surface area contributed by atoms with Gasteiger partial charge in [-0.15, -0.1) is 11.3 Å². The summed E-state index contributed by atoms with van der Waals surface area (Å²) >= 11 is 8.59. The fraction of sp³-hybridized carbons (Fsp3) is 0.588. The molecule has 0 aliphatic heterocycles. The van der Waals surface area contributed by atoms with Gasteiger partial charge in [0.05, 0.1) is 21.9 Å². The van der Waals surface area contributed by atoms with Crippen LogP contribution in [0, 0.1) is 5.41 Å². The number of methoxy groups -OCH3 is 1. The standard InChI is InChI=1S/C34H47BBr2O11S2/c1-7-8-9-10-13-23-20-24(49-27(23)36)21-48-29(39)32(2,3)35-22-33(4,30(40)45-6)16-17-34(5,37)31(41)47-19-18-46-28(38)25-14-11-12-15-26(25)50(42,43)44/h11-12,14-15,20,35H,7-10,13,16-19,21-22H2,1-6H3,(H,42,43,44). The molecular formula is C34H47BBr2O11S2. The summed E-state index contributed by atoms with van der Waals surface area (Å²) in [4.78, 5) is 51.8. The molecule has 50 heavy (non-hydrogen) atoms. The highest BCUT2D eigenvalue weighted by molar-refractivity contribution is 9.11. The summed E-state index contributed by atoms with van der Waals surface area (Å²) in [5.74, 6) is -2.55. The lowest BCUT2D eigenvalue weighted by atomic mass is 9.47. The second-order valence-electron chi connectivity index (χ2n) is 13.3. The van der Waals surface area contributed by atoms with E-state index in [2.05, 4.69) is 44.8 Å². The topological polar surface area (TPSA) is 160 Å². The maximum atomic E-state index is 13.2. The Balaban J connectivity index is 1.91. The summed E-state index contributed by atoms with van der Waals surface area (Å²) in [6.45, 7) is 8.51. The van der Waals surface area contributed by atoms with Crippen molar-refractivity contribution < 1.29 is 51.1 Å². The van der Waals surface area contributed by atoms with Crippen LogP contribution in [0.25, 0.3) is 0 Å². The molecule has 2 atom stereocenters. The molecule has 2 unspecified atom stereocenters. The first kappa shape index (κ1) is 43.9. The summed E-state index contributed by atoms with van der Waals surface area (Å²) < 4.78 is 53.4. The van der Waals surface area contributed by atoms with E-state index in [1.165, 1.54) is 50.1 Å². The van der Waals surface area contributed by atoms with Gasteiger partial charge in [0.25, 0.3) is 10.1 Å². The van der Waals surface area contributed by atoms with Gasteiger partial charge in [-0.2, -0.15) is 8.42 Å². The van der Waals surface area contributed by atoms with E-state index in [1.54, 1.807) is 39.0 Å². The van der Waals surface area contributed by atoms with E-state index in [-0.39, 0.29) is 50.5 Å². The van der Waals surface area contributed by atoms with Gasteiger partial charge < -0.3 is 18.9 Å². The van der Waals surface area contributed by atoms with Crippen LogP contribution in [-0.2, 0) is 56.5 Å². The molecule has 0 aliphatic rings. The van der Waals surface area contributed by atoms with Crippen LogP contribution in [0.3, 0.4) is 0 Å². The Kier molecular flexibility index (Phi) is 17.2. The first-order valence-corrected chi connectivity index (χ1v) is 20.2. The number of unbranched alkanes of at least 4 members (excludes halogenated alkanes) is 3. The number of benzene rings is 1. The smallest absolute Gasteiger partial charge is 0.339 e. The fourth-order valence-corrected chi connectivity index (χ4v) is 7.78. The number of ether oxygens (including phenoxy) is 4. The molecule has 0 amide bonds. The van der Waals surface area contributed by atoms with Crippen LogP contribution in [0.5, 0.6) is 0 Å². The zero-order chi connectivity index (χ0) is 37.8. The first-order valence-electron chi connectivity index (χ1n) is 16.4. The molecule has 0 saturated heterocycles. The zero-order valence-corrected chi connectivity index (χ0v) is 34.3. The molecule has 11 nitrogen and oxygen atoms in total. The highest BCUT2D eigenvalue weighted by Gasteiger charge is 2.42. The molecule has 0 bridgehead atoms. The second-order valence-corrected chi connectivity index (χ2v) is 18.9. The van der Waals surface area contributed by atoms with Gasteiger partial charge in [-0.25, -0.2) is 4.79 Å². The third-order valence-corrected chi connectivity index (χ3v) is 12.1. The van der Waals surface area contributed by atoms with Gasteiger partial charge in [-0.3, -0.25) is 18.9 Å². The Morgan fingerprint density at radius 2 is 1.58 bits per heavy atom. The van der Waals surface area contributed by atoms with Crippen LogP contribution in [0.2, 0.25) is 11.6 Å². The number of hydrogen-bond donors (Lipinski definition) is 1. The predicted molar refractivity (Wildman–Crippen MR) is 200 cm³/mol. The SMILES string of the molecule is CCCCCCc1cc(COC(=O)C(C)(C)BCC(C)(CCC(C)(Br)C(=O)OCCOC(=O)c2ccccc2S(=O)(=O)O)C(=O)OC)sc1Br. The molecular weight excluding hydrogens is 819 g/mol. The number of carbonyl (C=O) groups excluding carboxylic acids is 4. The predicted octanol–water partition coefficient (Wildman–Crippen LogP) is 7.49. The van der Waals surface area contributed by atoms with Crippen LogP contribution in [0.15, 0.2) is 39.0 Å². The number of hydrogen-bond acceptors (Lipinski definition) is 11. The van der Waals surface area contributed by atoms with Crippen molar-refractivity contribution in [2.45, 2.75) is 107 Å². The van der Waals surface area contributed by atoms with Gasteiger partial charge in [-0.05, 0) is 79.2 Å². The number of thiophene rings is 1. The minimum Gasteiger partial charge on any atom is -0.469 e. The molecule has 0 fully saturated rings. The quantitative estimate of drug-likeness (QED) is 0.0331. The van der Waals surface area contributed by atoms with Crippen molar-refractivity contribution >= 4 is 84.5 Å². The molecule has 0 spiro atoms. The molecule has 16 heteroatoms. The van der Waals surface area contributed by atoms with Crippen molar-refractivity contribution in [3.8, 4) is 0 Å². The van der Waals surface area contributed by atoms with E-state index >= 15 is 0 Å². The molecule has 0 saturated carbocycles. The van der Waals surface area contributed by atoms with E-state index in [0.717, 1.165) is 27.6 Å². The van der Waals surface area contributed by atoms with Gasteiger partial charge >= 0.3 is 23.9 Å². The van der Waals surface area contributed by atoms with Crippen LogP contribution < -0.4 is 0 Å². The summed E-state index contributed by atoms with van der Waals surface area (Å²) in [5, 5.41) is -0.900. The normalized spacial score (nSPS) is 14.2. The summed E-state index contributed by atoms with van der Waals surface area (Å²) in [5.41, 5.74) is -0.178. The largest absolute Gasteiger partial charge is 0.469 e. The third kappa shape index (κ3) is 13.4. The average molecular weight is 866 g/mol. The fourth-order valence-electron chi connectivity index (χ4n) is 5.01. The van der Waals surface area contributed by atoms with E-state index in [9.17, 15) is 32.1 Å². The minimum absolute atomic E-state index is 0.163. The monoisotopic (exact) mass is 864 g/mol. The van der Waals surface area contributed by atoms with Gasteiger partial charge in [0.1, 0.15) is 36.3 Å². The number of halogens is 2. The van der Waals surface area contributed by atoms with E-state index in [4.69, 9.17) is 18.9 Å². The van der Waals surface area contributed by atoms with Gasteiger partial charge in [-0.1, -0.05) is 74.4 Å². The zero-order valence-electron chi connectivity index (χ0n) is 29.5. The molecule has 1 aromatic heterocycles. The summed E-state index contributed by atoms with van der Waals surface area (Å²) in [6, 6.07) is 7.08. The van der Waals surface area contributed by atoms with Crippen molar-refractivity contribution in [2.24, 2.45) is 5.41 Å². The molecule has 1 aromatic carbocycles. The van der Waals surface area contributed by atoms with Crippen LogP contribution in [-0.4, -0.2) is 68.8 Å². The van der Waals surface area contributed by atoms with Crippen molar-refractivity contribution in [2.75, 3.05) is 20.3 Å². The van der Waals surface area contributed by atoms with Crippen LogP contribution in [0.4, 0.5) is 0 Å². The van der Waals surface area contributed by atoms with Gasteiger partial charge in [0.15, 0.2) is 0 Å². The van der Waals surface area contributed by atoms with E-state index in [0.29, 0.717) is 7.28 Å². The lowest BCUT2D eigenvalue weighted by Gasteiger charge is -2.32. The molecule has 0 radical (unpaired) electrons. The van der Waals surface area contributed by atoms with E-state index in [1.807, 2.05) is 0 Å². The molecule has 1 N–H and O–H groups in total. The molecule has 0 aliphatic carbocycles. The van der Waals surface area contributed by atoms with Crippen molar-refractivity contribution in [3.63, 3.8) is 0 Å². The van der Waals surface area contributed by atoms with Crippen molar-refractivity contribution in [3.05, 3.63) is 50.1 Å². The lowest BCUT2D eigenvalue weighted by molar-refractivity contribution is -0.153. The van der Waals surface area contributed by atoms with Crippen LogP contribution in [0.1, 0.15) is 93.9 Å². The molecule has 1 heterocycles. The molecule has 2 rings (SSSR count). The maximum Gasteiger partial charge on any atom is 0.339 e. The maximum absolute atomic E-state index is 13.2. The number of rotatable bonds is 21. The summed E-state index contributed by atoms with van der Waals surface area (Å²) in [6.07, 6.45) is 6.32. The highest BCUT2D eigenvalue weighted by Crippen LogP contribution is 2.39. The summed E-state index contributed by atoms with van der Waals surface area (Å²) in [7, 11) is -3.04. The number of carbonyl (C=O) groups is 4. The third-order valence-electron chi connectivity index (χ3n) is 8.49. The van der Waals surface area contributed by atoms with Crippen LogP contribution >= 0.6 is 43.2 Å². The Morgan fingerprint density at radius 3 is 2.22 bits per heavy atom. The molecule has 278 valence electrons. The molecule has 2 aromatic rings. The second kappa shape index (κ2) is 19.5. The Morgan fingerprint density at radius 1 is 0.920 bits per heavy atom. The van der Waals surface area contributed by atoms with Crippen molar-refractivity contribution in [1.82, 2.24) is 0 Å². The highest BCUT2D eigenvalue weighted by atomic mass is 79.9. The minimum atomic E-state index is -4.65. The number of esters is 4. The number of aryl methyl sites for hydroxylation is 1. The Hall–Kier alpha value is -2.27. The first-order chi connectivity index (χ1) is 23.3. The van der Waals surface area contributed by atoms with Gasteiger partial charge in [0, 0.05) is 10.2 Å². The lowest BCUT2D eigenvalue weighted by Crippen LogP contribution is -2.38. The van der Waals surface area contributed by atoms with Gasteiger partial charge in [0.2, 0.25) is 0 Å². The number of alkyl halides is 1.